The molecule has 1 N–H and O–H groups in total. The molecule has 1 aromatic rings. The average molecular weight is 358 g/mol. The lowest BCUT2D eigenvalue weighted by molar-refractivity contribution is -0.137. The van der Waals surface area contributed by atoms with Crippen LogP contribution in [-0.4, -0.2) is 29.9 Å². The highest BCUT2D eigenvalue weighted by molar-refractivity contribution is 5.66. The lowest BCUT2D eigenvalue weighted by Crippen LogP contribution is -2.28. The molecule has 0 spiro atoms. The number of fused-ring (bicyclic) bond motifs is 2. The van der Waals surface area contributed by atoms with Crippen molar-refractivity contribution in [3.05, 3.63) is 48.0 Å². The van der Waals surface area contributed by atoms with Gasteiger partial charge >= 0.3 is 5.97 Å². The molecule has 3 rings (SSSR count). The van der Waals surface area contributed by atoms with Crippen LogP contribution in [0.3, 0.4) is 0 Å². The van der Waals surface area contributed by atoms with Crippen molar-refractivity contribution in [3.63, 3.8) is 0 Å². The van der Waals surface area contributed by atoms with E-state index in [1.165, 1.54) is 18.4 Å². The van der Waals surface area contributed by atoms with Gasteiger partial charge in [0, 0.05) is 13.0 Å². The van der Waals surface area contributed by atoms with Crippen molar-refractivity contribution in [2.24, 2.45) is 11.8 Å². The van der Waals surface area contributed by atoms with Crippen LogP contribution in [0.4, 0.5) is 0 Å². The maximum Gasteiger partial charge on any atom is 0.303 e. The van der Waals surface area contributed by atoms with Gasteiger partial charge in [-0.3, -0.25) is 4.79 Å². The van der Waals surface area contributed by atoms with Crippen molar-refractivity contribution in [3.8, 4) is 0 Å². The first kappa shape index (κ1) is 19.1. The van der Waals surface area contributed by atoms with E-state index in [4.69, 9.17) is 14.6 Å². The van der Waals surface area contributed by atoms with Crippen LogP contribution >= 0.6 is 0 Å². The van der Waals surface area contributed by atoms with Crippen molar-refractivity contribution in [1.82, 2.24) is 0 Å². The smallest absolute Gasteiger partial charge is 0.303 e. The Balaban J connectivity index is 1.39. The van der Waals surface area contributed by atoms with Gasteiger partial charge < -0.3 is 14.6 Å². The Labute approximate surface area is 156 Å². The minimum atomic E-state index is -0.713. The predicted molar refractivity (Wildman–Crippen MR) is 101 cm³/mol. The molecule has 2 bridgehead atoms. The molecule has 2 fully saturated rings. The minimum absolute atomic E-state index is 0.253. The molecule has 1 aromatic carbocycles. The van der Waals surface area contributed by atoms with Crippen LogP contribution in [0, 0.1) is 11.8 Å². The molecule has 0 aromatic heterocycles. The van der Waals surface area contributed by atoms with E-state index in [0.717, 1.165) is 32.3 Å². The molecule has 2 aliphatic heterocycles. The summed E-state index contributed by atoms with van der Waals surface area (Å²) in [5.41, 5.74) is 1.22. The second-order valence-electron chi connectivity index (χ2n) is 7.44. The van der Waals surface area contributed by atoms with Gasteiger partial charge in [-0.2, -0.15) is 0 Å². The van der Waals surface area contributed by atoms with E-state index in [0.29, 0.717) is 30.7 Å². The van der Waals surface area contributed by atoms with Gasteiger partial charge in [0.1, 0.15) is 0 Å². The third-order valence-electron chi connectivity index (χ3n) is 5.63. The van der Waals surface area contributed by atoms with Crippen molar-refractivity contribution in [2.45, 2.75) is 63.8 Å². The van der Waals surface area contributed by atoms with Gasteiger partial charge in [0.15, 0.2) is 0 Å². The van der Waals surface area contributed by atoms with Crippen LogP contribution in [-0.2, 0) is 20.9 Å². The van der Waals surface area contributed by atoms with Crippen molar-refractivity contribution in [1.29, 1.82) is 0 Å². The van der Waals surface area contributed by atoms with Gasteiger partial charge in [-0.05, 0) is 55.9 Å². The summed E-state index contributed by atoms with van der Waals surface area (Å²) in [7, 11) is 0. The number of hydrogen-bond acceptors (Lipinski definition) is 3. The topological polar surface area (TPSA) is 55.8 Å². The van der Waals surface area contributed by atoms with Gasteiger partial charge in [0.05, 0.1) is 18.8 Å². The van der Waals surface area contributed by atoms with Gasteiger partial charge in [-0.25, -0.2) is 0 Å². The quantitative estimate of drug-likeness (QED) is 0.464. The van der Waals surface area contributed by atoms with Crippen molar-refractivity contribution in [2.75, 3.05) is 6.61 Å². The molecule has 2 heterocycles. The zero-order valence-electron chi connectivity index (χ0n) is 15.4. The molecule has 2 aliphatic rings. The second-order valence-corrected chi connectivity index (χ2v) is 7.44. The summed E-state index contributed by atoms with van der Waals surface area (Å²) >= 11 is 0. The highest BCUT2D eigenvalue weighted by atomic mass is 16.5. The van der Waals surface area contributed by atoms with Crippen LogP contribution in [0.5, 0.6) is 0 Å². The maximum absolute atomic E-state index is 10.5. The fraction of sp³-hybridized carbons (Fsp3) is 0.591. The predicted octanol–water partition coefficient (Wildman–Crippen LogP) is 4.59. The van der Waals surface area contributed by atoms with Crippen LogP contribution in [0.25, 0.3) is 0 Å². The Bertz CT molecular complexity index is 583. The third kappa shape index (κ3) is 5.42. The first-order chi connectivity index (χ1) is 12.7. The van der Waals surface area contributed by atoms with Gasteiger partial charge in [0.2, 0.25) is 0 Å². The molecule has 2 saturated heterocycles. The molecule has 0 saturated carbocycles. The first-order valence-electron chi connectivity index (χ1n) is 9.88. The molecule has 4 atom stereocenters. The number of ether oxygens (including phenoxy) is 2. The number of carboxylic acid groups (broad SMARTS) is 1. The first-order valence-corrected chi connectivity index (χ1v) is 9.88. The Hall–Kier alpha value is -1.65. The Morgan fingerprint density at radius 1 is 1.15 bits per heavy atom. The zero-order chi connectivity index (χ0) is 18.2. The molecule has 0 radical (unpaired) electrons. The largest absolute Gasteiger partial charge is 0.481 e. The molecule has 4 heteroatoms. The minimum Gasteiger partial charge on any atom is -0.481 e. The maximum atomic E-state index is 10.5. The van der Waals surface area contributed by atoms with Gasteiger partial charge in [-0.15, -0.1) is 0 Å². The molecular formula is C22H30O4. The monoisotopic (exact) mass is 358 g/mol. The summed E-state index contributed by atoms with van der Waals surface area (Å²) in [6.07, 6.45) is 11.5. The number of unbranched alkanes of at least 4 members (excludes halogenated alkanes) is 1. The molecule has 142 valence electrons. The van der Waals surface area contributed by atoms with E-state index in [1.807, 2.05) is 18.2 Å². The normalized spacial score (nSPS) is 27.4. The summed E-state index contributed by atoms with van der Waals surface area (Å²) in [6, 6.07) is 10.3. The van der Waals surface area contributed by atoms with E-state index in [1.54, 1.807) is 0 Å². The van der Waals surface area contributed by atoms with Crippen LogP contribution in [0.1, 0.15) is 50.5 Å². The Kier molecular flexibility index (Phi) is 7.27. The van der Waals surface area contributed by atoms with Crippen LogP contribution in [0.15, 0.2) is 42.5 Å². The van der Waals surface area contributed by atoms with Gasteiger partial charge in [-0.1, -0.05) is 42.5 Å². The number of carbonyl (C=O) groups is 1. The number of aliphatic carboxylic acids is 1. The summed E-state index contributed by atoms with van der Waals surface area (Å²) in [4.78, 5) is 10.5. The Morgan fingerprint density at radius 3 is 2.69 bits per heavy atom. The second kappa shape index (κ2) is 9.89. The molecular weight excluding hydrogens is 328 g/mol. The average Bonchev–Trinajstić information content (AvgIpc) is 3.24. The van der Waals surface area contributed by atoms with E-state index in [2.05, 4.69) is 24.3 Å². The standard InChI is InChI=1S/C22H30O4/c23-22(24)11-7-2-1-6-10-18-19(21-13-12-20(18)26-21)14-15-25-16-17-8-4-3-5-9-17/h1,3-6,8-9,18-21H,2,7,10-16H2,(H,23,24)/b6-1-/t18-,19-,20-,21+/m1/s1. The third-order valence-corrected chi connectivity index (χ3v) is 5.63. The van der Waals surface area contributed by atoms with Gasteiger partial charge in [0.25, 0.3) is 0 Å². The van der Waals surface area contributed by atoms with Crippen molar-refractivity contribution >= 4 is 5.97 Å². The lowest BCUT2D eigenvalue weighted by Gasteiger charge is -2.27. The fourth-order valence-electron chi connectivity index (χ4n) is 4.32. The highest BCUT2D eigenvalue weighted by Crippen LogP contribution is 2.46. The molecule has 4 nitrogen and oxygen atoms in total. The van der Waals surface area contributed by atoms with Crippen LogP contribution in [0.2, 0.25) is 0 Å². The van der Waals surface area contributed by atoms with E-state index in [-0.39, 0.29) is 6.42 Å². The van der Waals surface area contributed by atoms with Crippen LogP contribution < -0.4 is 0 Å². The Morgan fingerprint density at radius 2 is 1.92 bits per heavy atom. The molecule has 0 amide bonds. The zero-order valence-corrected chi connectivity index (χ0v) is 15.4. The van der Waals surface area contributed by atoms with E-state index in [9.17, 15) is 4.79 Å². The number of benzene rings is 1. The van der Waals surface area contributed by atoms with E-state index < -0.39 is 5.97 Å². The summed E-state index contributed by atoms with van der Waals surface area (Å²) in [5, 5.41) is 8.67. The fourth-order valence-corrected chi connectivity index (χ4v) is 4.32. The number of rotatable bonds is 11. The molecule has 0 aliphatic carbocycles. The number of allylic oxidation sites excluding steroid dienone is 2. The SMILES string of the molecule is O=C(O)CCC/C=C\C[C@@H]1[C@@H](CCOCc2ccccc2)[C@@H]2CC[C@H]1O2. The molecule has 26 heavy (non-hydrogen) atoms. The lowest BCUT2D eigenvalue weighted by atomic mass is 9.76. The van der Waals surface area contributed by atoms with E-state index >= 15 is 0 Å². The number of carboxylic acids is 1. The summed E-state index contributed by atoms with van der Waals surface area (Å²) < 4.78 is 12.0. The highest BCUT2D eigenvalue weighted by Gasteiger charge is 2.47. The molecule has 0 unspecified atom stereocenters. The van der Waals surface area contributed by atoms with Crippen molar-refractivity contribution < 1.29 is 19.4 Å². The summed E-state index contributed by atoms with van der Waals surface area (Å²) in [5.74, 6) is 0.466. The number of hydrogen-bond donors (Lipinski definition) is 1. The summed E-state index contributed by atoms with van der Waals surface area (Å²) in [6.45, 7) is 1.46.